The zero-order chi connectivity index (χ0) is 16.8. The lowest BCUT2D eigenvalue weighted by Crippen LogP contribution is -2.31. The molecule has 1 saturated heterocycles. The van der Waals surface area contributed by atoms with Crippen LogP contribution in [-0.4, -0.2) is 29.8 Å². The van der Waals surface area contributed by atoms with Crippen LogP contribution in [0.5, 0.6) is 0 Å². The summed E-state index contributed by atoms with van der Waals surface area (Å²) in [5.74, 6) is 0.717. The summed E-state index contributed by atoms with van der Waals surface area (Å²) in [5.41, 5.74) is 8.31. The average Bonchev–Trinajstić information content (AvgIpc) is 2.98. The largest absolute Gasteiger partial charge is 0.397 e. The molecule has 2 fully saturated rings. The number of nitrogens with two attached hydrogens (primary N) is 1. The zero-order valence-electron chi connectivity index (χ0n) is 13.4. The monoisotopic (exact) mass is 341 g/mol. The third-order valence-electron chi connectivity index (χ3n) is 5.06. The molecule has 0 bridgehead atoms. The maximum absolute atomic E-state index is 12.5. The van der Waals surface area contributed by atoms with E-state index >= 15 is 0 Å². The Morgan fingerprint density at radius 2 is 2.00 bits per heavy atom. The highest BCUT2D eigenvalue weighted by atomic mass is 32.1. The van der Waals surface area contributed by atoms with Crippen LogP contribution in [0.3, 0.4) is 0 Å². The molecule has 0 radical (unpaired) electrons. The van der Waals surface area contributed by atoms with E-state index in [-0.39, 0.29) is 17.7 Å². The molecule has 3 N–H and O–H groups in total. The van der Waals surface area contributed by atoms with Crippen LogP contribution in [0.4, 0.5) is 11.4 Å². The summed E-state index contributed by atoms with van der Waals surface area (Å²) in [5, 5.41) is 5.01. The van der Waals surface area contributed by atoms with Crippen molar-refractivity contribution in [3.63, 3.8) is 0 Å². The number of amides is 2. The van der Waals surface area contributed by atoms with Gasteiger partial charge < -0.3 is 16.0 Å². The minimum Gasteiger partial charge on any atom is -0.397 e. The second kappa shape index (κ2) is 5.63. The number of fused-ring (bicyclic) bond motifs is 1. The SMILES string of the molecule is CC(=O)N1CC2C(C1)C2C(=O)Nc1cc(-c2cccs2)ccc1N. The number of benzene rings is 1. The van der Waals surface area contributed by atoms with Crippen LogP contribution in [0, 0.1) is 17.8 Å². The second-order valence-corrected chi connectivity index (χ2v) is 7.49. The molecule has 1 aliphatic heterocycles. The maximum Gasteiger partial charge on any atom is 0.228 e. The number of thiophene rings is 1. The van der Waals surface area contributed by atoms with Crippen molar-refractivity contribution in [1.82, 2.24) is 4.90 Å². The zero-order valence-corrected chi connectivity index (χ0v) is 14.2. The van der Waals surface area contributed by atoms with Crippen LogP contribution in [0.25, 0.3) is 10.4 Å². The highest BCUT2D eigenvalue weighted by Gasteiger charge is 2.59. The summed E-state index contributed by atoms with van der Waals surface area (Å²) in [4.78, 5) is 26.9. The molecular weight excluding hydrogens is 322 g/mol. The highest BCUT2D eigenvalue weighted by Crippen LogP contribution is 2.52. The fraction of sp³-hybridized carbons (Fsp3) is 0.333. The number of nitrogen functional groups attached to an aromatic ring is 1. The van der Waals surface area contributed by atoms with Gasteiger partial charge in [-0.1, -0.05) is 12.1 Å². The first kappa shape index (κ1) is 15.2. The highest BCUT2D eigenvalue weighted by molar-refractivity contribution is 7.13. The standard InChI is InChI=1S/C18H19N3O2S/c1-10(22)21-8-12-13(9-21)17(12)18(23)20-15-7-11(4-5-14(15)19)16-3-2-6-24-16/h2-7,12-13,17H,8-9,19H2,1H3,(H,20,23). The van der Waals surface area contributed by atoms with Crippen molar-refractivity contribution < 1.29 is 9.59 Å². The second-order valence-electron chi connectivity index (χ2n) is 6.55. The minimum absolute atomic E-state index is 0.00499. The Labute approximate surface area is 144 Å². The average molecular weight is 341 g/mol. The van der Waals surface area contributed by atoms with Crippen LogP contribution >= 0.6 is 11.3 Å². The number of anilines is 2. The molecule has 2 atom stereocenters. The number of hydrogen-bond donors (Lipinski definition) is 2. The van der Waals surface area contributed by atoms with Crippen molar-refractivity contribution in [2.24, 2.45) is 17.8 Å². The van der Waals surface area contributed by atoms with Gasteiger partial charge in [0.25, 0.3) is 0 Å². The Kier molecular flexibility index (Phi) is 3.57. The van der Waals surface area contributed by atoms with E-state index in [1.54, 1.807) is 18.3 Å². The first-order chi connectivity index (χ1) is 11.5. The molecule has 2 aromatic rings. The third kappa shape index (κ3) is 2.57. The van der Waals surface area contributed by atoms with Gasteiger partial charge in [-0.05, 0) is 41.0 Å². The number of rotatable bonds is 3. The molecule has 2 amide bonds. The van der Waals surface area contributed by atoms with E-state index in [2.05, 4.69) is 5.32 Å². The lowest BCUT2D eigenvalue weighted by atomic mass is 10.1. The number of hydrogen-bond acceptors (Lipinski definition) is 4. The molecule has 4 rings (SSSR count). The fourth-order valence-corrected chi connectivity index (χ4v) is 4.37. The minimum atomic E-state index is 0.00499. The van der Waals surface area contributed by atoms with Gasteiger partial charge in [-0.15, -0.1) is 11.3 Å². The molecule has 2 unspecified atom stereocenters. The molecule has 24 heavy (non-hydrogen) atoms. The van der Waals surface area contributed by atoms with Crippen LogP contribution in [0.1, 0.15) is 6.92 Å². The maximum atomic E-state index is 12.5. The fourth-order valence-electron chi connectivity index (χ4n) is 3.65. The van der Waals surface area contributed by atoms with Gasteiger partial charge in [-0.3, -0.25) is 9.59 Å². The van der Waals surface area contributed by atoms with Gasteiger partial charge in [-0.25, -0.2) is 0 Å². The number of carbonyl (C=O) groups excluding carboxylic acids is 2. The number of nitrogens with zero attached hydrogens (tertiary/aromatic N) is 1. The van der Waals surface area contributed by atoms with Crippen molar-refractivity contribution in [1.29, 1.82) is 0 Å². The first-order valence-electron chi connectivity index (χ1n) is 8.04. The summed E-state index contributed by atoms with van der Waals surface area (Å²) < 4.78 is 0. The van der Waals surface area contributed by atoms with Crippen LogP contribution < -0.4 is 11.1 Å². The van der Waals surface area contributed by atoms with Crippen molar-refractivity contribution in [3.8, 4) is 10.4 Å². The van der Waals surface area contributed by atoms with Gasteiger partial charge in [0.2, 0.25) is 11.8 Å². The quantitative estimate of drug-likeness (QED) is 0.843. The van der Waals surface area contributed by atoms with Crippen molar-refractivity contribution in [2.75, 3.05) is 24.1 Å². The van der Waals surface area contributed by atoms with Gasteiger partial charge in [0.1, 0.15) is 0 Å². The molecular formula is C18H19N3O2S. The van der Waals surface area contributed by atoms with Crippen LogP contribution in [-0.2, 0) is 9.59 Å². The van der Waals surface area contributed by atoms with Crippen molar-refractivity contribution >= 4 is 34.5 Å². The molecule has 6 heteroatoms. The Bertz CT molecular complexity index is 791. The molecule has 2 heterocycles. The Morgan fingerprint density at radius 1 is 1.25 bits per heavy atom. The summed E-state index contributed by atoms with van der Waals surface area (Å²) in [6.45, 7) is 2.97. The molecule has 1 aromatic carbocycles. The van der Waals surface area contributed by atoms with Gasteiger partial charge in [-0.2, -0.15) is 0 Å². The normalized spacial score (nSPS) is 24.5. The lowest BCUT2D eigenvalue weighted by Gasteiger charge is -2.17. The van der Waals surface area contributed by atoms with Crippen molar-refractivity contribution in [2.45, 2.75) is 6.92 Å². The molecule has 1 aliphatic carbocycles. The summed E-state index contributed by atoms with van der Waals surface area (Å²) in [6, 6.07) is 9.77. The lowest BCUT2D eigenvalue weighted by molar-refractivity contribution is -0.129. The Morgan fingerprint density at radius 3 is 2.62 bits per heavy atom. The van der Waals surface area contributed by atoms with Gasteiger partial charge in [0, 0.05) is 30.8 Å². The number of piperidine rings is 1. The number of carbonyl (C=O) groups is 2. The topological polar surface area (TPSA) is 75.4 Å². The number of nitrogens with one attached hydrogen (secondary N) is 1. The molecule has 2 aliphatic rings. The molecule has 5 nitrogen and oxygen atoms in total. The third-order valence-corrected chi connectivity index (χ3v) is 5.98. The predicted octanol–water partition coefficient (Wildman–Crippen LogP) is 2.66. The van der Waals surface area contributed by atoms with E-state index in [4.69, 9.17) is 5.73 Å². The molecule has 124 valence electrons. The Balaban J connectivity index is 1.46. The summed E-state index contributed by atoms with van der Waals surface area (Å²) in [6.07, 6.45) is 0. The van der Waals surface area contributed by atoms with E-state index < -0.39 is 0 Å². The van der Waals surface area contributed by atoms with Gasteiger partial charge in [0.05, 0.1) is 11.4 Å². The molecule has 1 saturated carbocycles. The first-order valence-corrected chi connectivity index (χ1v) is 8.92. The summed E-state index contributed by atoms with van der Waals surface area (Å²) in [7, 11) is 0. The van der Waals surface area contributed by atoms with Gasteiger partial charge in [0.15, 0.2) is 0 Å². The van der Waals surface area contributed by atoms with Crippen molar-refractivity contribution in [3.05, 3.63) is 35.7 Å². The summed E-state index contributed by atoms with van der Waals surface area (Å²) >= 11 is 1.65. The van der Waals surface area contributed by atoms with E-state index in [1.165, 1.54) is 0 Å². The molecule has 1 aromatic heterocycles. The van der Waals surface area contributed by atoms with Gasteiger partial charge >= 0.3 is 0 Å². The van der Waals surface area contributed by atoms with E-state index in [1.807, 2.05) is 40.6 Å². The number of likely N-dealkylation sites (tertiary alicyclic amines) is 1. The Hall–Kier alpha value is -2.34. The van der Waals surface area contributed by atoms with Crippen LogP contribution in [0.2, 0.25) is 0 Å². The molecule has 0 spiro atoms. The van der Waals surface area contributed by atoms with E-state index in [9.17, 15) is 9.59 Å². The van der Waals surface area contributed by atoms with E-state index in [0.29, 0.717) is 36.3 Å². The smallest absolute Gasteiger partial charge is 0.228 e. The van der Waals surface area contributed by atoms with E-state index in [0.717, 1.165) is 10.4 Å². The van der Waals surface area contributed by atoms with Crippen LogP contribution in [0.15, 0.2) is 35.7 Å². The predicted molar refractivity (Wildman–Crippen MR) is 95.5 cm³/mol.